The van der Waals surface area contributed by atoms with Gasteiger partial charge in [-0.05, 0) is 57.0 Å². The molecule has 0 aliphatic carbocycles. The van der Waals surface area contributed by atoms with E-state index in [9.17, 15) is 4.79 Å². The Balaban J connectivity index is 1.71. The molecular formula is C23H22N4O2. The van der Waals surface area contributed by atoms with Gasteiger partial charge >= 0.3 is 0 Å². The van der Waals surface area contributed by atoms with Crippen LogP contribution in [0.25, 0.3) is 22.5 Å². The molecule has 0 N–H and O–H groups in total. The minimum Gasteiger partial charge on any atom is -0.463 e. The summed E-state index contributed by atoms with van der Waals surface area (Å²) in [4.78, 5) is 20.4. The summed E-state index contributed by atoms with van der Waals surface area (Å²) in [5.41, 5.74) is 4.09. The summed E-state index contributed by atoms with van der Waals surface area (Å²) in [5, 5.41) is 5.26. The normalized spacial score (nSPS) is 16.0. The average Bonchev–Trinajstić information content (AvgIpc) is 3.43. The molecule has 29 heavy (non-hydrogen) atoms. The Morgan fingerprint density at radius 1 is 1.21 bits per heavy atom. The van der Waals surface area contributed by atoms with E-state index in [-0.39, 0.29) is 18.0 Å². The molecule has 0 fully saturated rings. The molecule has 6 heteroatoms. The molecule has 1 aliphatic rings. The zero-order valence-electron chi connectivity index (χ0n) is 16.7. The molecule has 1 aromatic carbocycles. The highest BCUT2D eigenvalue weighted by Gasteiger charge is 2.33. The molecule has 1 atom stereocenters. The van der Waals surface area contributed by atoms with Crippen LogP contribution in [-0.4, -0.2) is 26.7 Å². The lowest BCUT2D eigenvalue weighted by Gasteiger charge is -2.23. The van der Waals surface area contributed by atoms with E-state index in [2.05, 4.69) is 18.1 Å². The Bertz CT molecular complexity index is 1210. The predicted molar refractivity (Wildman–Crippen MR) is 112 cm³/mol. The second-order valence-electron chi connectivity index (χ2n) is 7.81. The van der Waals surface area contributed by atoms with Crippen molar-refractivity contribution in [1.29, 1.82) is 0 Å². The van der Waals surface area contributed by atoms with Crippen molar-refractivity contribution in [2.75, 3.05) is 4.90 Å². The summed E-state index contributed by atoms with van der Waals surface area (Å²) < 4.78 is 7.41. The molecule has 0 bridgehead atoms. The van der Waals surface area contributed by atoms with Gasteiger partial charge in [-0.2, -0.15) is 5.10 Å². The number of para-hydroxylation sites is 1. The topological polar surface area (TPSA) is 64.2 Å². The highest BCUT2D eigenvalue weighted by Crippen LogP contribution is 2.35. The molecule has 0 saturated carbocycles. The second-order valence-corrected chi connectivity index (χ2v) is 7.81. The number of nitrogens with zero attached hydrogens (tertiary/aromatic N) is 4. The fourth-order valence-electron chi connectivity index (χ4n) is 4.13. The quantitative estimate of drug-likeness (QED) is 0.504. The molecule has 4 heterocycles. The van der Waals surface area contributed by atoms with Crippen LogP contribution in [0, 0.1) is 0 Å². The highest BCUT2D eigenvalue weighted by atomic mass is 16.3. The van der Waals surface area contributed by atoms with E-state index in [4.69, 9.17) is 9.40 Å². The molecular weight excluding hydrogens is 364 g/mol. The third-order valence-corrected chi connectivity index (χ3v) is 5.49. The van der Waals surface area contributed by atoms with Crippen LogP contribution in [0.1, 0.15) is 42.7 Å². The van der Waals surface area contributed by atoms with Gasteiger partial charge in [0.25, 0.3) is 5.91 Å². The van der Waals surface area contributed by atoms with Gasteiger partial charge in [0, 0.05) is 17.8 Å². The number of fused-ring (bicyclic) bond motifs is 2. The van der Waals surface area contributed by atoms with Crippen LogP contribution in [0.3, 0.4) is 0 Å². The minimum atomic E-state index is -0.0361. The third-order valence-electron chi connectivity index (χ3n) is 5.49. The van der Waals surface area contributed by atoms with Crippen molar-refractivity contribution in [1.82, 2.24) is 14.8 Å². The van der Waals surface area contributed by atoms with Gasteiger partial charge in [0.15, 0.2) is 11.4 Å². The van der Waals surface area contributed by atoms with E-state index < -0.39 is 0 Å². The van der Waals surface area contributed by atoms with E-state index in [1.165, 1.54) is 5.56 Å². The first kappa shape index (κ1) is 17.7. The Hall–Kier alpha value is -3.41. The van der Waals surface area contributed by atoms with Gasteiger partial charge < -0.3 is 9.32 Å². The number of pyridine rings is 1. The number of hydrogen-bond donors (Lipinski definition) is 0. The van der Waals surface area contributed by atoms with Crippen LogP contribution < -0.4 is 4.90 Å². The molecule has 1 aliphatic heterocycles. The first-order valence-electron chi connectivity index (χ1n) is 9.88. The fourth-order valence-corrected chi connectivity index (χ4v) is 4.13. The predicted octanol–water partition coefficient (Wildman–Crippen LogP) is 4.86. The Morgan fingerprint density at radius 3 is 2.79 bits per heavy atom. The standard InChI is InChI=1S/C23H22N4O2/c1-14(2)27-22-18(13-24-27)17(12-19(25-22)21-9-6-10-29-21)23(28)26-15(3)11-16-7-4-5-8-20(16)26/h4-10,12-15H,11H2,1-3H3. The van der Waals surface area contributed by atoms with E-state index >= 15 is 0 Å². The van der Waals surface area contributed by atoms with E-state index in [0.717, 1.165) is 17.5 Å². The van der Waals surface area contributed by atoms with Crippen LogP contribution in [-0.2, 0) is 6.42 Å². The fraction of sp³-hybridized carbons (Fsp3) is 0.261. The van der Waals surface area contributed by atoms with Gasteiger partial charge in [-0.1, -0.05) is 18.2 Å². The monoisotopic (exact) mass is 386 g/mol. The molecule has 0 saturated heterocycles. The summed E-state index contributed by atoms with van der Waals surface area (Å²) >= 11 is 0. The van der Waals surface area contributed by atoms with Crippen LogP contribution in [0.2, 0.25) is 0 Å². The lowest BCUT2D eigenvalue weighted by atomic mass is 10.1. The maximum Gasteiger partial charge on any atom is 0.259 e. The van der Waals surface area contributed by atoms with Crippen molar-refractivity contribution in [2.24, 2.45) is 0 Å². The largest absolute Gasteiger partial charge is 0.463 e. The van der Waals surface area contributed by atoms with Crippen molar-refractivity contribution < 1.29 is 9.21 Å². The summed E-state index contributed by atoms with van der Waals surface area (Å²) in [6.45, 7) is 6.18. The van der Waals surface area contributed by atoms with Crippen molar-refractivity contribution in [3.63, 3.8) is 0 Å². The van der Waals surface area contributed by atoms with Gasteiger partial charge in [0.1, 0.15) is 5.69 Å². The van der Waals surface area contributed by atoms with Gasteiger partial charge in [-0.3, -0.25) is 4.79 Å². The molecule has 5 rings (SSSR count). The summed E-state index contributed by atoms with van der Waals surface area (Å²) in [5.74, 6) is 0.596. The van der Waals surface area contributed by atoms with Crippen LogP contribution in [0.15, 0.2) is 59.3 Å². The molecule has 1 unspecified atom stereocenters. The van der Waals surface area contributed by atoms with Gasteiger partial charge in [0.2, 0.25) is 0 Å². The van der Waals surface area contributed by atoms with Crippen LogP contribution in [0.4, 0.5) is 5.69 Å². The molecule has 3 aromatic heterocycles. The zero-order valence-corrected chi connectivity index (χ0v) is 16.7. The number of furan rings is 1. The van der Waals surface area contributed by atoms with E-state index in [1.807, 2.05) is 59.8 Å². The molecule has 0 spiro atoms. The number of hydrogen-bond acceptors (Lipinski definition) is 4. The number of aromatic nitrogens is 3. The highest BCUT2D eigenvalue weighted by molar-refractivity contribution is 6.14. The number of amides is 1. The molecule has 6 nitrogen and oxygen atoms in total. The van der Waals surface area contributed by atoms with Gasteiger partial charge in [0.05, 0.1) is 23.4 Å². The van der Waals surface area contributed by atoms with Gasteiger partial charge in [-0.15, -0.1) is 0 Å². The Morgan fingerprint density at radius 2 is 2.03 bits per heavy atom. The second kappa shape index (κ2) is 6.58. The SMILES string of the molecule is CC1Cc2ccccc2N1C(=O)c1cc(-c2ccco2)nc2c1cnn2C(C)C. The van der Waals surface area contributed by atoms with Crippen molar-refractivity contribution in [3.8, 4) is 11.5 Å². The van der Waals surface area contributed by atoms with Crippen molar-refractivity contribution >= 4 is 22.6 Å². The molecule has 146 valence electrons. The first-order chi connectivity index (χ1) is 14.0. The number of rotatable bonds is 3. The van der Waals surface area contributed by atoms with Crippen LogP contribution in [0.5, 0.6) is 0 Å². The number of benzene rings is 1. The van der Waals surface area contributed by atoms with Crippen LogP contribution >= 0.6 is 0 Å². The smallest absolute Gasteiger partial charge is 0.259 e. The first-order valence-corrected chi connectivity index (χ1v) is 9.88. The van der Waals surface area contributed by atoms with Gasteiger partial charge in [-0.25, -0.2) is 9.67 Å². The maximum absolute atomic E-state index is 13.8. The average molecular weight is 386 g/mol. The molecule has 4 aromatic rings. The number of carbonyl (C=O) groups is 1. The Labute approximate surface area is 168 Å². The number of anilines is 1. The third kappa shape index (κ3) is 2.75. The van der Waals surface area contributed by atoms with E-state index in [0.29, 0.717) is 22.7 Å². The summed E-state index contributed by atoms with van der Waals surface area (Å²) in [7, 11) is 0. The molecule has 0 radical (unpaired) electrons. The van der Waals surface area contributed by atoms with Crippen molar-refractivity contribution in [3.05, 3.63) is 66.1 Å². The summed E-state index contributed by atoms with van der Waals surface area (Å²) in [6, 6.07) is 13.8. The summed E-state index contributed by atoms with van der Waals surface area (Å²) in [6.07, 6.45) is 4.21. The maximum atomic E-state index is 13.8. The minimum absolute atomic E-state index is 0.0361. The van der Waals surface area contributed by atoms with Crippen molar-refractivity contribution in [2.45, 2.75) is 39.3 Å². The lowest BCUT2D eigenvalue weighted by Crippen LogP contribution is -2.35. The van der Waals surface area contributed by atoms with E-state index in [1.54, 1.807) is 12.5 Å². The Kier molecular flexibility index (Phi) is 4.01. The number of carbonyl (C=O) groups excluding carboxylic acids is 1. The molecule has 1 amide bonds. The lowest BCUT2D eigenvalue weighted by molar-refractivity contribution is 0.0983. The zero-order chi connectivity index (χ0) is 20.1.